The smallest absolute Gasteiger partial charge is 0.304 e. The van der Waals surface area contributed by atoms with Gasteiger partial charge in [0.25, 0.3) is 5.69 Å². The number of non-ortho nitro benzene ring substituents is 1. The molecule has 0 amide bonds. The minimum Gasteiger partial charge on any atom is -0.481 e. The number of nitro groups is 1. The Morgan fingerprint density at radius 3 is 2.63 bits per heavy atom. The summed E-state index contributed by atoms with van der Waals surface area (Å²) in [6.07, 6.45) is -0.490. The summed E-state index contributed by atoms with van der Waals surface area (Å²) >= 11 is 0. The van der Waals surface area contributed by atoms with E-state index in [1.54, 1.807) is 0 Å². The first-order valence-electron chi connectivity index (χ1n) is 4.89. The van der Waals surface area contributed by atoms with Gasteiger partial charge in [-0.15, -0.1) is 0 Å². The monoisotopic (exact) mass is 292 g/mol. The van der Waals surface area contributed by atoms with Crippen molar-refractivity contribution in [2.24, 2.45) is 0 Å². The van der Waals surface area contributed by atoms with Crippen molar-refractivity contribution >= 4 is 21.7 Å². The van der Waals surface area contributed by atoms with Gasteiger partial charge < -0.3 is 5.11 Å². The Bertz CT molecular complexity index is 615. The molecule has 0 spiro atoms. The van der Waals surface area contributed by atoms with E-state index in [2.05, 4.69) is 0 Å². The summed E-state index contributed by atoms with van der Waals surface area (Å²) in [6.45, 7) is -0.445. The molecule has 0 atom stereocenters. The lowest BCUT2D eigenvalue weighted by Gasteiger charge is -2.06. The van der Waals surface area contributed by atoms with E-state index in [-0.39, 0.29) is 0 Å². The lowest BCUT2D eigenvalue weighted by Crippen LogP contribution is -2.27. The van der Waals surface area contributed by atoms with Gasteiger partial charge in [-0.05, 0) is 6.07 Å². The van der Waals surface area contributed by atoms with E-state index >= 15 is 0 Å². The van der Waals surface area contributed by atoms with Crippen LogP contribution in [0.1, 0.15) is 6.42 Å². The van der Waals surface area contributed by atoms with Crippen LogP contribution in [0.15, 0.2) is 23.1 Å². The van der Waals surface area contributed by atoms with Crippen LogP contribution in [0.3, 0.4) is 0 Å². The van der Waals surface area contributed by atoms with Gasteiger partial charge in [-0.3, -0.25) is 14.9 Å². The summed E-state index contributed by atoms with van der Waals surface area (Å²) in [7, 11) is -4.34. The predicted octanol–water partition coefficient (Wildman–Crippen LogP) is 0.487. The van der Waals surface area contributed by atoms with Gasteiger partial charge >= 0.3 is 5.97 Å². The zero-order valence-electron chi connectivity index (χ0n) is 9.37. The second-order valence-corrected chi connectivity index (χ2v) is 5.15. The molecule has 0 heterocycles. The van der Waals surface area contributed by atoms with Crippen LogP contribution in [0.4, 0.5) is 10.1 Å². The third-order valence-corrected chi connectivity index (χ3v) is 3.52. The lowest BCUT2D eigenvalue weighted by molar-refractivity contribution is -0.385. The molecule has 0 unspecified atom stereocenters. The molecule has 19 heavy (non-hydrogen) atoms. The second-order valence-electron chi connectivity index (χ2n) is 3.41. The van der Waals surface area contributed by atoms with Crippen LogP contribution >= 0.6 is 0 Å². The molecule has 0 aliphatic carbocycles. The van der Waals surface area contributed by atoms with E-state index in [0.717, 1.165) is 6.07 Å². The molecule has 8 nitrogen and oxygen atoms in total. The predicted molar refractivity (Wildman–Crippen MR) is 60.5 cm³/mol. The molecule has 0 aliphatic rings. The first-order chi connectivity index (χ1) is 8.74. The average Bonchev–Trinajstić information content (AvgIpc) is 2.28. The van der Waals surface area contributed by atoms with Gasteiger partial charge in [0.15, 0.2) is 0 Å². The van der Waals surface area contributed by atoms with Crippen molar-refractivity contribution in [2.75, 3.05) is 6.54 Å². The number of nitrogens with one attached hydrogen (secondary N) is 1. The molecular formula is C9H9FN2O6S. The van der Waals surface area contributed by atoms with Gasteiger partial charge in [-0.2, -0.15) is 0 Å². The van der Waals surface area contributed by atoms with Crippen LogP contribution in [-0.4, -0.2) is 31.0 Å². The zero-order valence-corrected chi connectivity index (χ0v) is 10.2. The van der Waals surface area contributed by atoms with Crippen LogP contribution in [-0.2, 0) is 14.8 Å². The normalized spacial score (nSPS) is 11.2. The van der Waals surface area contributed by atoms with Gasteiger partial charge in [0.05, 0.1) is 11.3 Å². The Hall–Kier alpha value is -2.07. The summed E-state index contributed by atoms with van der Waals surface area (Å²) in [4.78, 5) is 19.0. The average molecular weight is 292 g/mol. The van der Waals surface area contributed by atoms with Crippen LogP contribution in [0.25, 0.3) is 0 Å². The first-order valence-corrected chi connectivity index (χ1v) is 6.38. The fourth-order valence-electron chi connectivity index (χ4n) is 1.18. The Balaban J connectivity index is 3.03. The molecule has 1 aromatic rings. The molecule has 1 rings (SSSR count). The largest absolute Gasteiger partial charge is 0.481 e. The second kappa shape index (κ2) is 5.71. The van der Waals surface area contributed by atoms with Crippen molar-refractivity contribution in [3.05, 3.63) is 34.1 Å². The SMILES string of the molecule is O=C(O)CCNS(=O)(=O)c1cc([N+](=O)[O-])ccc1F. The van der Waals surface area contributed by atoms with Crippen molar-refractivity contribution in [3.63, 3.8) is 0 Å². The minimum atomic E-state index is -4.34. The molecule has 0 saturated carbocycles. The maximum atomic E-state index is 13.4. The topological polar surface area (TPSA) is 127 Å². The number of carbonyl (C=O) groups is 1. The maximum Gasteiger partial charge on any atom is 0.304 e. The summed E-state index contributed by atoms with van der Waals surface area (Å²) in [5.74, 6) is -2.39. The summed E-state index contributed by atoms with van der Waals surface area (Å²) in [5.41, 5.74) is -0.583. The number of benzene rings is 1. The highest BCUT2D eigenvalue weighted by molar-refractivity contribution is 7.89. The Labute approximate surface area is 107 Å². The highest BCUT2D eigenvalue weighted by Crippen LogP contribution is 2.20. The first kappa shape index (κ1) is 15.0. The number of carboxylic acid groups (broad SMARTS) is 1. The van der Waals surface area contributed by atoms with Crippen LogP contribution in [0.2, 0.25) is 0 Å². The van der Waals surface area contributed by atoms with Gasteiger partial charge in [-0.1, -0.05) is 0 Å². The number of halogens is 1. The van der Waals surface area contributed by atoms with E-state index in [1.807, 2.05) is 4.72 Å². The molecular weight excluding hydrogens is 283 g/mol. The molecule has 0 aliphatic heterocycles. The van der Waals surface area contributed by atoms with Crippen molar-refractivity contribution in [1.29, 1.82) is 0 Å². The van der Waals surface area contributed by atoms with E-state index in [0.29, 0.717) is 12.1 Å². The number of sulfonamides is 1. The maximum absolute atomic E-state index is 13.4. The molecule has 10 heteroatoms. The lowest BCUT2D eigenvalue weighted by atomic mass is 10.3. The van der Waals surface area contributed by atoms with E-state index in [9.17, 15) is 27.7 Å². The number of hydrogen-bond acceptors (Lipinski definition) is 5. The van der Waals surface area contributed by atoms with Crippen molar-refractivity contribution < 1.29 is 27.6 Å². The fourth-order valence-corrected chi connectivity index (χ4v) is 2.31. The number of rotatable bonds is 6. The quantitative estimate of drug-likeness (QED) is 0.580. The minimum absolute atomic E-state index is 0.445. The van der Waals surface area contributed by atoms with Crippen LogP contribution in [0.5, 0.6) is 0 Å². The van der Waals surface area contributed by atoms with Gasteiger partial charge in [0.2, 0.25) is 10.0 Å². The molecule has 2 N–H and O–H groups in total. The molecule has 0 bridgehead atoms. The number of hydrogen-bond donors (Lipinski definition) is 2. The standard InChI is InChI=1S/C9H9FN2O6S/c10-7-2-1-6(12(15)16)5-8(7)19(17,18)11-4-3-9(13)14/h1-2,5,11H,3-4H2,(H,13,14). The highest BCUT2D eigenvalue weighted by Gasteiger charge is 2.22. The summed E-state index contributed by atoms with van der Waals surface area (Å²) in [5, 5.41) is 18.8. The third-order valence-electron chi connectivity index (χ3n) is 2.05. The molecule has 0 radical (unpaired) electrons. The number of aliphatic carboxylic acids is 1. The van der Waals surface area contributed by atoms with Gasteiger partial charge in [0, 0.05) is 18.7 Å². The molecule has 0 aromatic heterocycles. The van der Waals surface area contributed by atoms with E-state index in [1.165, 1.54) is 0 Å². The molecule has 104 valence electrons. The summed E-state index contributed by atoms with van der Waals surface area (Å²) < 4.78 is 38.5. The highest BCUT2D eigenvalue weighted by atomic mass is 32.2. The Morgan fingerprint density at radius 1 is 1.47 bits per heavy atom. The Morgan fingerprint density at radius 2 is 2.11 bits per heavy atom. The fraction of sp³-hybridized carbons (Fsp3) is 0.222. The van der Waals surface area contributed by atoms with E-state index in [4.69, 9.17) is 5.11 Å². The van der Waals surface area contributed by atoms with E-state index < -0.39 is 50.3 Å². The molecule has 0 fully saturated rings. The van der Waals surface area contributed by atoms with Gasteiger partial charge in [-0.25, -0.2) is 17.5 Å². The number of carboxylic acids is 1. The summed E-state index contributed by atoms with van der Waals surface area (Å²) in [6, 6.07) is 2.05. The van der Waals surface area contributed by atoms with Crippen molar-refractivity contribution in [2.45, 2.75) is 11.3 Å². The number of nitro benzene ring substituents is 1. The van der Waals surface area contributed by atoms with Crippen molar-refractivity contribution in [3.8, 4) is 0 Å². The van der Waals surface area contributed by atoms with Crippen LogP contribution < -0.4 is 4.72 Å². The van der Waals surface area contributed by atoms with Crippen LogP contribution in [0, 0.1) is 15.9 Å². The van der Waals surface area contributed by atoms with Gasteiger partial charge in [0.1, 0.15) is 10.7 Å². The number of nitrogens with zero attached hydrogens (tertiary/aromatic N) is 1. The molecule has 1 aromatic carbocycles. The Kier molecular flexibility index (Phi) is 4.51. The molecule has 0 saturated heterocycles. The third kappa shape index (κ3) is 3.96. The van der Waals surface area contributed by atoms with Crippen molar-refractivity contribution in [1.82, 2.24) is 4.72 Å². The zero-order chi connectivity index (χ0) is 14.6.